The van der Waals surface area contributed by atoms with Crippen LogP contribution in [0.4, 0.5) is 0 Å². The Morgan fingerprint density at radius 3 is 2.88 bits per heavy atom. The van der Waals surface area contributed by atoms with E-state index in [4.69, 9.17) is 17.0 Å². The third kappa shape index (κ3) is 2.36. The molecule has 0 bridgehead atoms. The van der Waals surface area contributed by atoms with Crippen LogP contribution in [0.15, 0.2) is 4.47 Å². The van der Waals surface area contributed by atoms with Crippen LogP contribution in [0.2, 0.25) is 0 Å². The van der Waals surface area contributed by atoms with Crippen LogP contribution in [0.5, 0.6) is 0 Å². The summed E-state index contributed by atoms with van der Waals surface area (Å²) in [6.07, 6.45) is 1.03. The smallest absolute Gasteiger partial charge is 0.144 e. The van der Waals surface area contributed by atoms with Gasteiger partial charge in [-0.3, -0.25) is 0 Å². The van der Waals surface area contributed by atoms with Gasteiger partial charge < -0.3 is 9.72 Å². The highest BCUT2D eigenvalue weighted by Crippen LogP contribution is 2.28. The fourth-order valence-corrected chi connectivity index (χ4v) is 2.69. The van der Waals surface area contributed by atoms with Crippen molar-refractivity contribution in [1.82, 2.24) is 9.97 Å². The summed E-state index contributed by atoms with van der Waals surface area (Å²) in [5.74, 6) is 1.74. The van der Waals surface area contributed by atoms with Crippen molar-refractivity contribution in [2.24, 2.45) is 0 Å². The predicted molar refractivity (Wildman–Crippen MR) is 69.4 cm³/mol. The normalized spacial score (nSPS) is 20.6. The molecule has 1 aromatic rings. The first kappa shape index (κ1) is 12.2. The lowest BCUT2D eigenvalue weighted by molar-refractivity contribution is 0.193. The first-order valence-electron chi connectivity index (χ1n) is 5.47. The molecular weight excluding hydrogens is 288 g/mol. The van der Waals surface area contributed by atoms with Gasteiger partial charge in [0.1, 0.15) is 10.5 Å². The number of nitrogens with one attached hydrogen (secondary N) is 1. The van der Waals surface area contributed by atoms with Gasteiger partial charge in [-0.1, -0.05) is 26.1 Å². The van der Waals surface area contributed by atoms with E-state index < -0.39 is 0 Å². The lowest BCUT2D eigenvalue weighted by Crippen LogP contribution is -2.08. The minimum absolute atomic E-state index is 0.368. The van der Waals surface area contributed by atoms with Crippen molar-refractivity contribution >= 4 is 28.1 Å². The Morgan fingerprint density at radius 1 is 1.56 bits per heavy atom. The van der Waals surface area contributed by atoms with Gasteiger partial charge in [-0.2, -0.15) is 0 Å². The molecule has 0 saturated carbocycles. The molecule has 16 heavy (non-hydrogen) atoms. The van der Waals surface area contributed by atoms with E-state index in [1.807, 2.05) is 0 Å². The van der Waals surface area contributed by atoms with E-state index in [9.17, 15) is 0 Å². The Kier molecular flexibility index (Phi) is 3.77. The zero-order valence-corrected chi connectivity index (χ0v) is 11.8. The summed E-state index contributed by atoms with van der Waals surface area (Å²) in [6.45, 7) is 5.85. The van der Waals surface area contributed by atoms with E-state index in [1.54, 1.807) is 0 Å². The minimum Gasteiger partial charge on any atom is -0.381 e. The highest BCUT2D eigenvalue weighted by atomic mass is 79.9. The van der Waals surface area contributed by atoms with Crippen LogP contribution < -0.4 is 0 Å². The molecule has 1 aliphatic heterocycles. The van der Waals surface area contributed by atoms with Crippen LogP contribution in [0.25, 0.3) is 0 Å². The van der Waals surface area contributed by atoms with Crippen LogP contribution in [0.3, 0.4) is 0 Å². The molecule has 0 spiro atoms. The van der Waals surface area contributed by atoms with Crippen molar-refractivity contribution in [3.8, 4) is 0 Å². The van der Waals surface area contributed by atoms with Gasteiger partial charge in [-0.25, -0.2) is 4.98 Å². The maximum Gasteiger partial charge on any atom is 0.144 e. The summed E-state index contributed by atoms with van der Waals surface area (Å²) in [4.78, 5) is 7.82. The summed E-state index contributed by atoms with van der Waals surface area (Å²) >= 11 is 8.76. The van der Waals surface area contributed by atoms with E-state index in [-0.39, 0.29) is 0 Å². The van der Waals surface area contributed by atoms with Crippen LogP contribution in [0.1, 0.15) is 43.6 Å². The zero-order valence-electron chi connectivity index (χ0n) is 9.42. The minimum atomic E-state index is 0.368. The molecule has 1 aliphatic rings. The second-order valence-corrected chi connectivity index (χ2v) is 5.55. The first-order chi connectivity index (χ1) is 7.59. The summed E-state index contributed by atoms with van der Waals surface area (Å²) in [5, 5.41) is 0. The van der Waals surface area contributed by atoms with Crippen molar-refractivity contribution in [3.05, 3.63) is 20.6 Å². The largest absolute Gasteiger partial charge is 0.381 e. The van der Waals surface area contributed by atoms with Gasteiger partial charge >= 0.3 is 0 Å². The number of H-pyrrole nitrogens is 1. The first-order valence-corrected chi connectivity index (χ1v) is 6.67. The molecule has 1 atom stereocenters. The molecule has 0 amide bonds. The van der Waals surface area contributed by atoms with E-state index in [0.717, 1.165) is 35.6 Å². The average Bonchev–Trinajstić information content (AvgIpc) is 2.74. The number of aromatic nitrogens is 2. The number of hydrogen-bond acceptors (Lipinski definition) is 3. The van der Waals surface area contributed by atoms with Gasteiger partial charge in [0.2, 0.25) is 0 Å². The fourth-order valence-electron chi connectivity index (χ4n) is 1.84. The van der Waals surface area contributed by atoms with Crippen molar-refractivity contribution < 1.29 is 4.74 Å². The molecule has 1 unspecified atom stereocenters. The molecule has 2 heterocycles. The summed E-state index contributed by atoms with van der Waals surface area (Å²) < 4.78 is 6.94. The van der Waals surface area contributed by atoms with Gasteiger partial charge in [0, 0.05) is 18.2 Å². The molecule has 1 saturated heterocycles. The maximum atomic E-state index is 5.38. The SMILES string of the molecule is CC(C)c1[nH]c(C2CCOC2)nc(=S)c1Br. The molecule has 0 radical (unpaired) electrons. The lowest BCUT2D eigenvalue weighted by atomic mass is 10.1. The molecular formula is C11H15BrN2OS. The third-order valence-corrected chi connectivity index (χ3v) is 4.16. The van der Waals surface area contributed by atoms with Crippen molar-refractivity contribution in [2.75, 3.05) is 13.2 Å². The Bertz CT molecular complexity index is 438. The number of halogens is 1. The topological polar surface area (TPSA) is 37.9 Å². The van der Waals surface area contributed by atoms with Gasteiger partial charge in [-0.15, -0.1) is 0 Å². The van der Waals surface area contributed by atoms with Gasteiger partial charge in [0.25, 0.3) is 0 Å². The van der Waals surface area contributed by atoms with E-state index in [1.165, 1.54) is 0 Å². The highest BCUT2D eigenvalue weighted by Gasteiger charge is 2.21. The molecule has 1 fully saturated rings. The van der Waals surface area contributed by atoms with Crippen molar-refractivity contribution in [1.29, 1.82) is 0 Å². The fraction of sp³-hybridized carbons (Fsp3) is 0.636. The standard InChI is InChI=1S/C11H15BrN2OS/c1-6(2)9-8(12)11(16)14-10(13-9)7-3-4-15-5-7/h6-7H,3-5H2,1-2H3,(H,13,14,16). The summed E-state index contributed by atoms with van der Waals surface area (Å²) in [7, 11) is 0. The van der Waals surface area contributed by atoms with Gasteiger partial charge in [-0.05, 0) is 28.3 Å². The van der Waals surface area contributed by atoms with Crippen LogP contribution in [-0.2, 0) is 4.74 Å². The van der Waals surface area contributed by atoms with Crippen molar-refractivity contribution in [2.45, 2.75) is 32.1 Å². The maximum absolute atomic E-state index is 5.38. The van der Waals surface area contributed by atoms with Gasteiger partial charge in [0.15, 0.2) is 0 Å². The Morgan fingerprint density at radius 2 is 2.31 bits per heavy atom. The Balaban J connectivity index is 2.43. The van der Waals surface area contributed by atoms with E-state index >= 15 is 0 Å². The number of nitrogens with zero attached hydrogens (tertiary/aromatic N) is 1. The van der Waals surface area contributed by atoms with E-state index in [0.29, 0.717) is 16.5 Å². The molecule has 5 heteroatoms. The van der Waals surface area contributed by atoms with E-state index in [2.05, 4.69) is 39.7 Å². The summed E-state index contributed by atoms with van der Waals surface area (Å²) in [6, 6.07) is 0. The third-order valence-electron chi connectivity index (χ3n) is 2.80. The Labute approximate surface area is 109 Å². The van der Waals surface area contributed by atoms with Gasteiger partial charge in [0.05, 0.1) is 11.1 Å². The molecule has 0 aliphatic carbocycles. The number of aromatic amines is 1. The summed E-state index contributed by atoms with van der Waals surface area (Å²) in [5.41, 5.74) is 1.13. The molecule has 0 aromatic carbocycles. The second-order valence-electron chi connectivity index (χ2n) is 4.37. The predicted octanol–water partition coefficient (Wildman–Crippen LogP) is 3.53. The average molecular weight is 303 g/mol. The quantitative estimate of drug-likeness (QED) is 0.849. The number of hydrogen-bond donors (Lipinski definition) is 1. The molecule has 3 nitrogen and oxygen atoms in total. The molecule has 1 N–H and O–H groups in total. The molecule has 2 rings (SSSR count). The zero-order chi connectivity index (χ0) is 11.7. The highest BCUT2D eigenvalue weighted by molar-refractivity contribution is 9.10. The number of rotatable bonds is 2. The molecule has 88 valence electrons. The second kappa shape index (κ2) is 4.94. The number of ether oxygens (including phenoxy) is 1. The molecule has 1 aromatic heterocycles. The van der Waals surface area contributed by atoms with Crippen LogP contribution >= 0.6 is 28.1 Å². The van der Waals surface area contributed by atoms with Crippen molar-refractivity contribution in [3.63, 3.8) is 0 Å². The lowest BCUT2D eigenvalue weighted by Gasteiger charge is -2.13. The van der Waals surface area contributed by atoms with Crippen LogP contribution in [-0.4, -0.2) is 23.2 Å². The monoisotopic (exact) mass is 302 g/mol. The van der Waals surface area contributed by atoms with Crippen LogP contribution in [0, 0.1) is 4.64 Å². The Hall–Kier alpha value is -0.260.